The molecule has 0 aliphatic heterocycles. The number of aliphatic hydroxyl groups is 2. The van der Waals surface area contributed by atoms with E-state index in [9.17, 15) is 9.90 Å². The zero-order valence-electron chi connectivity index (χ0n) is 8.16. The summed E-state index contributed by atoms with van der Waals surface area (Å²) in [5.41, 5.74) is 1.28. The number of carboxylic acids is 1. The third-order valence-corrected chi connectivity index (χ3v) is 2.24. The Morgan fingerprint density at radius 3 is 2.62 bits per heavy atom. The van der Waals surface area contributed by atoms with Gasteiger partial charge >= 0.3 is 5.97 Å². The maximum atomic E-state index is 10.5. The number of fused-ring (bicyclic) bond motifs is 1. The smallest absolute Gasteiger partial charge is 0.335 e. The second kappa shape index (κ2) is 3.92. The van der Waals surface area contributed by atoms with Crippen molar-refractivity contribution in [2.45, 2.75) is 12.2 Å². The fourth-order valence-electron chi connectivity index (χ4n) is 1.40. The summed E-state index contributed by atoms with van der Waals surface area (Å²) in [5.74, 6) is -1.45. The summed E-state index contributed by atoms with van der Waals surface area (Å²) in [5, 5.41) is 27.2. The molecule has 0 unspecified atom stereocenters. The van der Waals surface area contributed by atoms with Crippen LogP contribution >= 0.6 is 0 Å². The summed E-state index contributed by atoms with van der Waals surface area (Å²) in [6.45, 7) is 0. The molecule has 6 nitrogen and oxygen atoms in total. The van der Waals surface area contributed by atoms with Crippen LogP contribution in [0.4, 0.5) is 0 Å². The quantitative estimate of drug-likeness (QED) is 0.586. The van der Waals surface area contributed by atoms with Gasteiger partial charge in [0.2, 0.25) is 0 Å². The first-order valence-corrected chi connectivity index (χ1v) is 4.63. The van der Waals surface area contributed by atoms with Gasteiger partial charge in [-0.3, -0.25) is 0 Å². The Balaban J connectivity index is 2.36. The molecule has 0 aliphatic rings. The number of hydrogen-bond donors (Lipinski definition) is 4. The van der Waals surface area contributed by atoms with Crippen molar-refractivity contribution in [2.24, 2.45) is 0 Å². The average molecular weight is 222 g/mol. The van der Waals surface area contributed by atoms with Gasteiger partial charge in [-0.25, -0.2) is 9.78 Å². The number of aromatic nitrogens is 2. The van der Waals surface area contributed by atoms with Crippen LogP contribution in [0, 0.1) is 0 Å². The molecule has 2 rings (SSSR count). The molecule has 4 N–H and O–H groups in total. The number of hydrogen-bond acceptors (Lipinski definition) is 4. The Kier molecular flexibility index (Phi) is 2.59. The minimum Gasteiger partial charge on any atom is -0.479 e. The van der Waals surface area contributed by atoms with Gasteiger partial charge in [0, 0.05) is 0 Å². The molecular weight excluding hydrogens is 212 g/mol. The van der Waals surface area contributed by atoms with Crippen LogP contribution in [0.25, 0.3) is 11.0 Å². The molecule has 84 valence electrons. The molecule has 2 atom stereocenters. The first-order valence-electron chi connectivity index (χ1n) is 4.63. The van der Waals surface area contributed by atoms with Crippen LogP contribution in [-0.4, -0.2) is 37.4 Å². The summed E-state index contributed by atoms with van der Waals surface area (Å²) in [6, 6.07) is 7.01. The van der Waals surface area contributed by atoms with Crippen LogP contribution < -0.4 is 0 Å². The first-order chi connectivity index (χ1) is 7.59. The molecule has 0 spiro atoms. The van der Waals surface area contributed by atoms with Gasteiger partial charge < -0.3 is 20.3 Å². The molecule has 1 aromatic carbocycles. The van der Waals surface area contributed by atoms with Gasteiger partial charge in [0.25, 0.3) is 0 Å². The van der Waals surface area contributed by atoms with Crippen LogP contribution in [0.5, 0.6) is 0 Å². The third-order valence-electron chi connectivity index (χ3n) is 2.24. The fourth-order valence-corrected chi connectivity index (χ4v) is 1.40. The lowest BCUT2D eigenvalue weighted by Crippen LogP contribution is -2.28. The number of imidazole rings is 1. The zero-order valence-corrected chi connectivity index (χ0v) is 8.16. The van der Waals surface area contributed by atoms with Crippen molar-refractivity contribution in [1.29, 1.82) is 0 Å². The molecule has 0 saturated heterocycles. The lowest BCUT2D eigenvalue weighted by atomic mass is 10.2. The van der Waals surface area contributed by atoms with Gasteiger partial charge in [-0.1, -0.05) is 12.1 Å². The van der Waals surface area contributed by atoms with E-state index in [1.807, 2.05) is 0 Å². The number of aromatic amines is 1. The molecule has 16 heavy (non-hydrogen) atoms. The van der Waals surface area contributed by atoms with Crippen LogP contribution in [0.1, 0.15) is 11.9 Å². The van der Waals surface area contributed by atoms with Crippen LogP contribution in [0.2, 0.25) is 0 Å². The monoisotopic (exact) mass is 222 g/mol. The van der Waals surface area contributed by atoms with E-state index in [2.05, 4.69) is 9.97 Å². The van der Waals surface area contributed by atoms with E-state index in [-0.39, 0.29) is 5.82 Å². The summed E-state index contributed by atoms with van der Waals surface area (Å²) in [6.07, 6.45) is -3.45. The highest BCUT2D eigenvalue weighted by Gasteiger charge is 2.27. The number of benzene rings is 1. The topological polar surface area (TPSA) is 106 Å². The molecule has 0 fully saturated rings. The minimum absolute atomic E-state index is 0.0381. The van der Waals surface area contributed by atoms with Gasteiger partial charge in [-0.2, -0.15) is 0 Å². The number of para-hydroxylation sites is 2. The maximum Gasteiger partial charge on any atom is 0.335 e. The van der Waals surface area contributed by atoms with Crippen LogP contribution in [0.15, 0.2) is 24.3 Å². The van der Waals surface area contributed by atoms with E-state index in [1.165, 1.54) is 0 Å². The van der Waals surface area contributed by atoms with Crippen molar-refractivity contribution in [2.75, 3.05) is 0 Å². The molecule has 1 heterocycles. The minimum atomic E-state index is -1.89. The van der Waals surface area contributed by atoms with Gasteiger partial charge in [0.15, 0.2) is 6.10 Å². The summed E-state index contributed by atoms with van der Waals surface area (Å²) < 4.78 is 0. The highest BCUT2D eigenvalue weighted by molar-refractivity contribution is 5.76. The van der Waals surface area contributed by atoms with Crippen molar-refractivity contribution in [1.82, 2.24) is 9.97 Å². The second-order valence-electron chi connectivity index (χ2n) is 3.37. The van der Waals surface area contributed by atoms with Crippen LogP contribution in [-0.2, 0) is 4.79 Å². The lowest BCUT2D eigenvalue weighted by Gasteiger charge is -2.10. The molecule has 0 amide bonds. The van der Waals surface area contributed by atoms with Crippen molar-refractivity contribution >= 4 is 17.0 Å². The van der Waals surface area contributed by atoms with E-state index in [0.29, 0.717) is 11.0 Å². The largest absolute Gasteiger partial charge is 0.479 e. The van der Waals surface area contributed by atoms with E-state index >= 15 is 0 Å². The number of carboxylic acid groups (broad SMARTS) is 1. The Hall–Kier alpha value is -1.92. The lowest BCUT2D eigenvalue weighted by molar-refractivity contribution is -0.153. The number of nitrogens with one attached hydrogen (secondary N) is 1. The predicted octanol–water partition coefficient (Wildman–Crippen LogP) is 0.0418. The molecule has 2 aromatic rings. The Labute approximate surface area is 90.2 Å². The van der Waals surface area contributed by atoms with Gasteiger partial charge in [0.1, 0.15) is 11.9 Å². The Bertz CT molecular complexity index is 489. The summed E-state index contributed by atoms with van der Waals surface area (Å²) in [4.78, 5) is 17.2. The number of aliphatic carboxylic acids is 1. The van der Waals surface area contributed by atoms with E-state index in [0.717, 1.165) is 0 Å². The number of carbonyl (C=O) groups is 1. The number of H-pyrrole nitrogens is 1. The van der Waals surface area contributed by atoms with Gasteiger partial charge in [-0.05, 0) is 12.1 Å². The molecular formula is C10H10N2O4. The Morgan fingerprint density at radius 2 is 2.00 bits per heavy atom. The second-order valence-corrected chi connectivity index (χ2v) is 3.37. The molecule has 1 aromatic heterocycles. The SMILES string of the molecule is O=C(O)[C@H](O)[C@H](O)c1nc2ccccc2[nH]1. The number of nitrogens with zero attached hydrogens (tertiary/aromatic N) is 1. The van der Waals surface area contributed by atoms with Gasteiger partial charge in [-0.15, -0.1) is 0 Å². The van der Waals surface area contributed by atoms with E-state index in [4.69, 9.17) is 10.2 Å². The highest BCUT2D eigenvalue weighted by atomic mass is 16.4. The molecule has 0 aliphatic carbocycles. The van der Waals surface area contributed by atoms with Gasteiger partial charge in [0.05, 0.1) is 11.0 Å². The van der Waals surface area contributed by atoms with E-state index < -0.39 is 18.2 Å². The molecule has 0 bridgehead atoms. The van der Waals surface area contributed by atoms with Crippen molar-refractivity contribution in [3.8, 4) is 0 Å². The maximum absolute atomic E-state index is 10.5. The van der Waals surface area contributed by atoms with Crippen molar-refractivity contribution in [3.63, 3.8) is 0 Å². The third kappa shape index (κ3) is 1.75. The summed E-state index contributed by atoms with van der Waals surface area (Å²) >= 11 is 0. The van der Waals surface area contributed by atoms with Crippen LogP contribution in [0.3, 0.4) is 0 Å². The average Bonchev–Trinajstić information content (AvgIpc) is 2.70. The van der Waals surface area contributed by atoms with Crippen molar-refractivity contribution in [3.05, 3.63) is 30.1 Å². The molecule has 0 radical (unpaired) electrons. The zero-order chi connectivity index (χ0) is 11.7. The Morgan fingerprint density at radius 1 is 1.31 bits per heavy atom. The molecule has 6 heteroatoms. The number of aliphatic hydroxyl groups excluding tert-OH is 2. The first kappa shape index (κ1) is 10.6. The predicted molar refractivity (Wildman–Crippen MR) is 54.7 cm³/mol. The number of rotatable bonds is 3. The summed E-state index contributed by atoms with van der Waals surface area (Å²) in [7, 11) is 0. The fraction of sp³-hybridized carbons (Fsp3) is 0.200. The van der Waals surface area contributed by atoms with E-state index in [1.54, 1.807) is 24.3 Å². The molecule has 0 saturated carbocycles. The standard InChI is InChI=1S/C10H10N2O4/c13-7(8(14)10(15)16)9-11-5-3-1-2-4-6(5)12-9/h1-4,7-8,13-14H,(H,11,12)(H,15,16)/t7-,8+/m0/s1. The normalized spacial score (nSPS) is 14.9. The van der Waals surface area contributed by atoms with Crippen molar-refractivity contribution < 1.29 is 20.1 Å². The highest BCUT2D eigenvalue weighted by Crippen LogP contribution is 2.18.